The lowest BCUT2D eigenvalue weighted by molar-refractivity contribution is -0.136. The molecule has 2 unspecified atom stereocenters. The smallest absolute Gasteiger partial charge is 0.262 e. The molecule has 8 nitrogen and oxygen atoms in total. The summed E-state index contributed by atoms with van der Waals surface area (Å²) >= 11 is 0. The average molecular weight is 384 g/mol. The summed E-state index contributed by atoms with van der Waals surface area (Å²) in [6.07, 6.45) is 0.272. The SMILES string of the molecule is CC1(C)CNC1CNCc1cccc2c1C(=O)N(C1CCC(=O)NC1=O)C2=O. The lowest BCUT2D eigenvalue weighted by Gasteiger charge is -2.46. The second-order valence-electron chi connectivity index (χ2n) is 8.34. The monoisotopic (exact) mass is 384 g/mol. The number of rotatable bonds is 5. The molecule has 0 aromatic heterocycles. The van der Waals surface area contributed by atoms with Crippen LogP contribution in [0.1, 0.15) is 53.0 Å². The van der Waals surface area contributed by atoms with Gasteiger partial charge in [-0.2, -0.15) is 0 Å². The van der Waals surface area contributed by atoms with E-state index in [4.69, 9.17) is 0 Å². The standard InChI is InChI=1S/C20H24N4O4/c1-20(2)10-22-14(20)9-21-8-11-4-3-5-12-16(11)19(28)24(18(12)27)13-6-7-15(25)23-17(13)26/h3-5,13-14,21-22H,6-10H2,1-2H3,(H,23,25,26). The molecule has 4 amide bonds. The molecule has 4 rings (SSSR count). The molecule has 148 valence electrons. The number of carbonyl (C=O) groups excluding carboxylic acids is 4. The molecule has 0 aliphatic carbocycles. The number of piperidine rings is 1. The first-order valence-corrected chi connectivity index (χ1v) is 9.57. The highest BCUT2D eigenvalue weighted by Crippen LogP contribution is 2.30. The Morgan fingerprint density at radius 2 is 1.96 bits per heavy atom. The lowest BCUT2D eigenvalue weighted by Crippen LogP contribution is -2.63. The van der Waals surface area contributed by atoms with E-state index in [2.05, 4.69) is 29.8 Å². The second-order valence-corrected chi connectivity index (χ2v) is 8.34. The zero-order valence-corrected chi connectivity index (χ0v) is 16.0. The van der Waals surface area contributed by atoms with E-state index in [-0.39, 0.29) is 24.2 Å². The molecule has 3 heterocycles. The number of nitrogens with one attached hydrogen (secondary N) is 3. The van der Waals surface area contributed by atoms with Gasteiger partial charge in [0.25, 0.3) is 11.8 Å². The molecule has 2 atom stereocenters. The summed E-state index contributed by atoms with van der Waals surface area (Å²) in [6, 6.07) is 4.61. The van der Waals surface area contributed by atoms with Crippen LogP contribution in [0.3, 0.4) is 0 Å². The molecule has 1 aromatic carbocycles. The summed E-state index contributed by atoms with van der Waals surface area (Å²) in [4.78, 5) is 50.4. The minimum atomic E-state index is -0.939. The molecular formula is C20H24N4O4. The number of hydrogen-bond donors (Lipinski definition) is 3. The first-order valence-electron chi connectivity index (χ1n) is 9.57. The quantitative estimate of drug-likeness (QED) is 0.625. The first kappa shape index (κ1) is 18.8. The highest BCUT2D eigenvalue weighted by Gasteiger charge is 2.45. The van der Waals surface area contributed by atoms with Crippen molar-refractivity contribution in [1.82, 2.24) is 20.9 Å². The van der Waals surface area contributed by atoms with Crippen molar-refractivity contribution in [3.05, 3.63) is 34.9 Å². The molecule has 2 saturated heterocycles. The highest BCUT2D eigenvalue weighted by atomic mass is 16.2. The van der Waals surface area contributed by atoms with E-state index in [1.807, 2.05) is 6.07 Å². The summed E-state index contributed by atoms with van der Waals surface area (Å²) in [5.74, 6) is -1.91. The largest absolute Gasteiger partial charge is 0.312 e. The van der Waals surface area contributed by atoms with E-state index in [9.17, 15) is 19.2 Å². The summed E-state index contributed by atoms with van der Waals surface area (Å²) in [5.41, 5.74) is 1.64. The van der Waals surface area contributed by atoms with Crippen molar-refractivity contribution in [2.75, 3.05) is 13.1 Å². The van der Waals surface area contributed by atoms with Crippen molar-refractivity contribution in [1.29, 1.82) is 0 Å². The van der Waals surface area contributed by atoms with Gasteiger partial charge in [0.2, 0.25) is 11.8 Å². The maximum atomic E-state index is 13.0. The van der Waals surface area contributed by atoms with Crippen LogP contribution in [-0.4, -0.2) is 53.7 Å². The molecule has 1 aromatic rings. The summed E-state index contributed by atoms with van der Waals surface area (Å²) < 4.78 is 0. The average Bonchev–Trinajstić information content (AvgIpc) is 2.90. The Bertz CT molecular complexity index is 879. The van der Waals surface area contributed by atoms with Crippen LogP contribution in [0, 0.1) is 5.41 Å². The van der Waals surface area contributed by atoms with Crippen LogP contribution in [0.15, 0.2) is 18.2 Å². The zero-order chi connectivity index (χ0) is 20.1. The van der Waals surface area contributed by atoms with Gasteiger partial charge < -0.3 is 10.6 Å². The number of carbonyl (C=O) groups is 4. The third-order valence-electron chi connectivity index (χ3n) is 5.97. The minimum absolute atomic E-state index is 0.113. The number of fused-ring (bicyclic) bond motifs is 1. The van der Waals surface area contributed by atoms with Gasteiger partial charge >= 0.3 is 0 Å². The molecule has 0 spiro atoms. The molecule has 0 bridgehead atoms. The van der Waals surface area contributed by atoms with Gasteiger partial charge in [0, 0.05) is 32.1 Å². The normalized spacial score (nSPS) is 26.1. The maximum Gasteiger partial charge on any atom is 0.262 e. The predicted octanol–water partition coefficient (Wildman–Crippen LogP) is 0.175. The fourth-order valence-electron chi connectivity index (χ4n) is 4.09. The minimum Gasteiger partial charge on any atom is -0.312 e. The molecule has 8 heteroatoms. The van der Waals surface area contributed by atoms with Gasteiger partial charge in [0.15, 0.2) is 0 Å². The van der Waals surface area contributed by atoms with E-state index < -0.39 is 23.8 Å². The van der Waals surface area contributed by atoms with Gasteiger partial charge in [-0.05, 0) is 23.5 Å². The van der Waals surface area contributed by atoms with Crippen molar-refractivity contribution >= 4 is 23.6 Å². The number of hydrogen-bond acceptors (Lipinski definition) is 6. The van der Waals surface area contributed by atoms with Crippen LogP contribution in [0.25, 0.3) is 0 Å². The fourth-order valence-corrected chi connectivity index (χ4v) is 4.09. The van der Waals surface area contributed by atoms with Crippen LogP contribution in [0.2, 0.25) is 0 Å². The molecule has 3 aliphatic heterocycles. The lowest BCUT2D eigenvalue weighted by atomic mass is 9.77. The zero-order valence-electron chi connectivity index (χ0n) is 16.0. The van der Waals surface area contributed by atoms with Crippen molar-refractivity contribution in [2.45, 2.75) is 45.3 Å². The van der Waals surface area contributed by atoms with Crippen molar-refractivity contribution in [3.8, 4) is 0 Å². The molecule has 3 N–H and O–H groups in total. The third-order valence-corrected chi connectivity index (χ3v) is 5.97. The summed E-state index contributed by atoms with van der Waals surface area (Å²) in [7, 11) is 0. The number of nitrogens with zero attached hydrogens (tertiary/aromatic N) is 1. The number of benzene rings is 1. The van der Waals surface area contributed by atoms with E-state index in [0.29, 0.717) is 23.7 Å². The Morgan fingerprint density at radius 3 is 2.61 bits per heavy atom. The Labute approximate surface area is 163 Å². The predicted molar refractivity (Wildman–Crippen MR) is 100 cm³/mol. The second kappa shape index (κ2) is 6.79. The van der Waals surface area contributed by atoms with Crippen molar-refractivity contribution in [2.24, 2.45) is 5.41 Å². The van der Waals surface area contributed by atoms with Gasteiger partial charge in [-0.3, -0.25) is 29.4 Å². The maximum absolute atomic E-state index is 13.0. The Hall–Kier alpha value is -2.58. The third kappa shape index (κ3) is 3.02. The van der Waals surface area contributed by atoms with Crippen molar-refractivity contribution in [3.63, 3.8) is 0 Å². The van der Waals surface area contributed by atoms with Crippen LogP contribution in [0.5, 0.6) is 0 Å². The first-order chi connectivity index (χ1) is 13.3. The van der Waals surface area contributed by atoms with Gasteiger partial charge in [0.1, 0.15) is 6.04 Å². The molecule has 2 fully saturated rings. The summed E-state index contributed by atoms with van der Waals surface area (Å²) in [5, 5.41) is 8.96. The Morgan fingerprint density at radius 1 is 1.18 bits per heavy atom. The van der Waals surface area contributed by atoms with Crippen LogP contribution >= 0.6 is 0 Å². The molecule has 0 radical (unpaired) electrons. The van der Waals surface area contributed by atoms with E-state index in [1.54, 1.807) is 12.1 Å². The van der Waals surface area contributed by atoms with E-state index in [0.717, 1.165) is 23.6 Å². The summed E-state index contributed by atoms with van der Waals surface area (Å²) in [6.45, 7) is 6.61. The van der Waals surface area contributed by atoms with Crippen LogP contribution in [-0.2, 0) is 16.1 Å². The number of imide groups is 2. The Balaban J connectivity index is 1.51. The fraction of sp³-hybridized carbons (Fsp3) is 0.500. The topological polar surface area (TPSA) is 108 Å². The van der Waals surface area contributed by atoms with Crippen LogP contribution < -0.4 is 16.0 Å². The van der Waals surface area contributed by atoms with Gasteiger partial charge in [-0.25, -0.2) is 0 Å². The van der Waals surface area contributed by atoms with Crippen LogP contribution in [0.4, 0.5) is 0 Å². The number of amides is 4. The van der Waals surface area contributed by atoms with Gasteiger partial charge in [-0.15, -0.1) is 0 Å². The van der Waals surface area contributed by atoms with Gasteiger partial charge in [0.05, 0.1) is 11.1 Å². The molecule has 0 saturated carbocycles. The van der Waals surface area contributed by atoms with Gasteiger partial charge in [-0.1, -0.05) is 26.0 Å². The van der Waals surface area contributed by atoms with E-state index >= 15 is 0 Å². The Kier molecular flexibility index (Phi) is 4.55. The van der Waals surface area contributed by atoms with Crippen molar-refractivity contribution < 1.29 is 19.2 Å². The highest BCUT2D eigenvalue weighted by molar-refractivity contribution is 6.24. The van der Waals surface area contributed by atoms with E-state index in [1.165, 1.54) is 0 Å². The molecule has 28 heavy (non-hydrogen) atoms. The molecular weight excluding hydrogens is 360 g/mol. The molecule has 3 aliphatic rings.